The lowest BCUT2D eigenvalue weighted by molar-refractivity contribution is 0.241. The molecular weight excluding hydrogens is 322 g/mol. The quantitative estimate of drug-likeness (QED) is 0.789. The molecule has 0 fully saturated rings. The van der Waals surface area contributed by atoms with E-state index in [0.717, 1.165) is 30.8 Å². The van der Waals surface area contributed by atoms with Crippen LogP contribution in [0.1, 0.15) is 16.8 Å². The van der Waals surface area contributed by atoms with Gasteiger partial charge in [0.1, 0.15) is 0 Å². The van der Waals surface area contributed by atoms with Crippen molar-refractivity contribution in [3.63, 3.8) is 0 Å². The van der Waals surface area contributed by atoms with Crippen molar-refractivity contribution in [1.29, 1.82) is 0 Å². The van der Waals surface area contributed by atoms with Crippen LogP contribution >= 0.6 is 11.6 Å². The van der Waals surface area contributed by atoms with Crippen LogP contribution < -0.4 is 0 Å². The number of rotatable bonds is 3. The Morgan fingerprint density at radius 3 is 2.58 bits per heavy atom. The Hall–Kier alpha value is -2.30. The molecule has 24 heavy (non-hydrogen) atoms. The van der Waals surface area contributed by atoms with Crippen LogP contribution in [0.3, 0.4) is 0 Å². The molecule has 1 aliphatic rings. The number of halogens is 1. The highest BCUT2D eigenvalue weighted by Crippen LogP contribution is 2.32. The lowest BCUT2D eigenvalue weighted by Crippen LogP contribution is -2.29. The van der Waals surface area contributed by atoms with Crippen LogP contribution in [0.25, 0.3) is 5.69 Å². The SMILES string of the molecule is Oc1c2c(nn1-c1ccccc1Cl)CCN(Cc1ccccc1)C2. The molecule has 4 rings (SSSR count). The van der Waals surface area contributed by atoms with Crippen LogP contribution in [0.4, 0.5) is 0 Å². The Morgan fingerprint density at radius 1 is 1.04 bits per heavy atom. The summed E-state index contributed by atoms with van der Waals surface area (Å²) >= 11 is 6.25. The fourth-order valence-corrected chi connectivity index (χ4v) is 3.40. The zero-order valence-corrected chi connectivity index (χ0v) is 13.9. The average molecular weight is 340 g/mol. The number of fused-ring (bicyclic) bond motifs is 1. The first kappa shape index (κ1) is 15.2. The van der Waals surface area contributed by atoms with E-state index in [-0.39, 0.29) is 5.88 Å². The van der Waals surface area contributed by atoms with Crippen molar-refractivity contribution in [2.24, 2.45) is 0 Å². The summed E-state index contributed by atoms with van der Waals surface area (Å²) in [4.78, 5) is 2.33. The lowest BCUT2D eigenvalue weighted by Gasteiger charge is -2.26. The summed E-state index contributed by atoms with van der Waals surface area (Å²) in [6.45, 7) is 2.50. The molecule has 0 saturated heterocycles. The molecule has 1 N–H and O–H groups in total. The van der Waals surface area contributed by atoms with Crippen molar-refractivity contribution in [2.75, 3.05) is 6.54 Å². The fraction of sp³-hybridized carbons (Fsp3) is 0.211. The predicted octanol–water partition coefficient (Wildman–Crippen LogP) is 3.79. The molecule has 0 spiro atoms. The molecule has 1 aliphatic heterocycles. The van der Waals surface area contributed by atoms with Gasteiger partial charge in [-0.25, -0.2) is 0 Å². The third-order valence-electron chi connectivity index (χ3n) is 4.42. The molecule has 1 aromatic heterocycles. The first-order valence-electron chi connectivity index (χ1n) is 8.03. The summed E-state index contributed by atoms with van der Waals surface area (Å²) in [5.41, 5.74) is 3.84. The summed E-state index contributed by atoms with van der Waals surface area (Å²) in [5, 5.41) is 15.8. The number of para-hydroxylation sites is 1. The molecule has 0 unspecified atom stereocenters. The first-order valence-corrected chi connectivity index (χ1v) is 8.41. The molecule has 0 amide bonds. The van der Waals surface area contributed by atoms with Gasteiger partial charge in [-0.15, -0.1) is 0 Å². The molecule has 122 valence electrons. The summed E-state index contributed by atoms with van der Waals surface area (Å²) in [6, 6.07) is 17.8. The molecule has 0 aliphatic carbocycles. The van der Waals surface area contributed by atoms with Crippen LogP contribution in [0.2, 0.25) is 5.02 Å². The van der Waals surface area contributed by atoms with E-state index in [1.165, 1.54) is 5.56 Å². The Labute approximate surface area is 145 Å². The van der Waals surface area contributed by atoms with E-state index in [1.807, 2.05) is 24.3 Å². The van der Waals surface area contributed by atoms with Gasteiger partial charge in [0.2, 0.25) is 5.88 Å². The van der Waals surface area contributed by atoms with Gasteiger partial charge in [-0.1, -0.05) is 54.1 Å². The van der Waals surface area contributed by atoms with Crippen LogP contribution in [0, 0.1) is 0 Å². The highest BCUT2D eigenvalue weighted by atomic mass is 35.5. The molecule has 2 aromatic carbocycles. The monoisotopic (exact) mass is 339 g/mol. The molecule has 3 aromatic rings. The van der Waals surface area contributed by atoms with Gasteiger partial charge in [-0.2, -0.15) is 9.78 Å². The van der Waals surface area contributed by atoms with E-state index in [1.54, 1.807) is 10.7 Å². The zero-order chi connectivity index (χ0) is 16.5. The molecule has 0 atom stereocenters. The smallest absolute Gasteiger partial charge is 0.219 e. The number of aromatic nitrogens is 2. The second-order valence-electron chi connectivity index (χ2n) is 6.06. The van der Waals surface area contributed by atoms with Crippen LogP contribution in [-0.4, -0.2) is 26.3 Å². The van der Waals surface area contributed by atoms with Crippen molar-refractivity contribution < 1.29 is 5.11 Å². The average Bonchev–Trinajstić information content (AvgIpc) is 2.93. The number of aromatic hydroxyl groups is 1. The van der Waals surface area contributed by atoms with Gasteiger partial charge in [-0.05, 0) is 17.7 Å². The van der Waals surface area contributed by atoms with Crippen LogP contribution in [0.5, 0.6) is 5.88 Å². The molecular formula is C19H18ClN3O. The van der Waals surface area contributed by atoms with E-state index < -0.39 is 0 Å². The van der Waals surface area contributed by atoms with E-state index in [9.17, 15) is 5.11 Å². The van der Waals surface area contributed by atoms with Crippen molar-refractivity contribution in [3.8, 4) is 11.6 Å². The zero-order valence-electron chi connectivity index (χ0n) is 13.2. The van der Waals surface area contributed by atoms with E-state index >= 15 is 0 Å². The number of hydrogen-bond donors (Lipinski definition) is 1. The van der Waals surface area contributed by atoms with Gasteiger partial charge in [0.25, 0.3) is 0 Å². The van der Waals surface area contributed by atoms with Gasteiger partial charge in [0.05, 0.1) is 22.0 Å². The minimum atomic E-state index is 0.191. The standard InChI is InChI=1S/C19H18ClN3O/c20-16-8-4-5-9-18(16)23-19(24)15-13-22(11-10-17(15)21-23)12-14-6-2-1-3-7-14/h1-9,24H,10-13H2. The Morgan fingerprint density at radius 2 is 1.79 bits per heavy atom. The summed E-state index contributed by atoms with van der Waals surface area (Å²) in [5.74, 6) is 0.191. The fourth-order valence-electron chi connectivity index (χ4n) is 3.18. The first-order chi connectivity index (χ1) is 11.7. The van der Waals surface area contributed by atoms with Crippen molar-refractivity contribution in [1.82, 2.24) is 14.7 Å². The second-order valence-corrected chi connectivity index (χ2v) is 6.47. The highest BCUT2D eigenvalue weighted by molar-refractivity contribution is 6.32. The van der Waals surface area contributed by atoms with Crippen LogP contribution in [0.15, 0.2) is 54.6 Å². The topological polar surface area (TPSA) is 41.3 Å². The number of nitrogens with zero attached hydrogens (tertiary/aromatic N) is 3. The Kier molecular flexibility index (Phi) is 4.00. The van der Waals surface area contributed by atoms with Gasteiger partial charge in [0.15, 0.2) is 0 Å². The Balaban J connectivity index is 1.62. The van der Waals surface area contributed by atoms with Crippen molar-refractivity contribution >= 4 is 11.6 Å². The molecule has 2 heterocycles. The van der Waals surface area contributed by atoms with E-state index in [0.29, 0.717) is 17.3 Å². The van der Waals surface area contributed by atoms with E-state index in [2.05, 4.69) is 34.3 Å². The summed E-state index contributed by atoms with van der Waals surface area (Å²) in [6.07, 6.45) is 0.827. The minimum absolute atomic E-state index is 0.191. The van der Waals surface area contributed by atoms with Gasteiger partial charge < -0.3 is 5.11 Å². The number of hydrogen-bond acceptors (Lipinski definition) is 3. The van der Waals surface area contributed by atoms with Gasteiger partial charge in [-0.3, -0.25) is 4.90 Å². The molecule has 0 radical (unpaired) electrons. The highest BCUT2D eigenvalue weighted by Gasteiger charge is 2.25. The van der Waals surface area contributed by atoms with Crippen molar-refractivity contribution in [3.05, 3.63) is 76.4 Å². The lowest BCUT2D eigenvalue weighted by atomic mass is 10.1. The largest absolute Gasteiger partial charge is 0.493 e. The molecule has 4 nitrogen and oxygen atoms in total. The Bertz CT molecular complexity index is 860. The maximum atomic E-state index is 10.7. The van der Waals surface area contributed by atoms with Crippen molar-refractivity contribution in [2.45, 2.75) is 19.5 Å². The van der Waals surface area contributed by atoms with Gasteiger partial charge >= 0.3 is 0 Å². The third kappa shape index (κ3) is 2.79. The predicted molar refractivity (Wildman–Crippen MR) is 94.5 cm³/mol. The van der Waals surface area contributed by atoms with Crippen LogP contribution in [-0.2, 0) is 19.5 Å². The maximum Gasteiger partial charge on any atom is 0.219 e. The third-order valence-corrected chi connectivity index (χ3v) is 4.74. The molecule has 0 saturated carbocycles. The minimum Gasteiger partial charge on any atom is -0.493 e. The normalized spacial score (nSPS) is 14.5. The number of benzene rings is 2. The maximum absolute atomic E-state index is 10.7. The summed E-state index contributed by atoms with van der Waals surface area (Å²) < 4.78 is 1.55. The van der Waals surface area contributed by atoms with E-state index in [4.69, 9.17) is 11.6 Å². The molecule has 0 bridgehead atoms. The summed E-state index contributed by atoms with van der Waals surface area (Å²) in [7, 11) is 0. The van der Waals surface area contributed by atoms with Gasteiger partial charge in [0, 0.05) is 26.1 Å². The molecule has 5 heteroatoms. The second kappa shape index (κ2) is 6.30.